The molecule has 0 aliphatic rings. The van der Waals surface area contributed by atoms with Crippen molar-refractivity contribution < 1.29 is 4.39 Å². The van der Waals surface area contributed by atoms with Crippen LogP contribution in [-0.2, 0) is 7.05 Å². The van der Waals surface area contributed by atoms with Gasteiger partial charge in [-0.2, -0.15) is 10.5 Å². The van der Waals surface area contributed by atoms with Crippen LogP contribution in [0.3, 0.4) is 0 Å². The predicted molar refractivity (Wildman–Crippen MR) is 81.1 cm³/mol. The van der Waals surface area contributed by atoms with Crippen molar-refractivity contribution in [2.75, 3.05) is 5.75 Å². The minimum absolute atomic E-state index is 0.185. The first-order valence-corrected chi connectivity index (χ1v) is 7.69. The molecule has 0 saturated carbocycles. The van der Waals surface area contributed by atoms with Crippen LogP contribution in [0.2, 0.25) is 0 Å². The second-order valence-corrected chi connectivity index (χ2v) is 5.69. The zero-order chi connectivity index (χ0) is 15.9. The minimum Gasteiger partial charge on any atom is -0.305 e. The van der Waals surface area contributed by atoms with Gasteiger partial charge in [-0.05, 0) is 30.7 Å². The highest BCUT2D eigenvalue weighted by Gasteiger charge is 2.14. The van der Waals surface area contributed by atoms with Crippen LogP contribution in [0.4, 0.5) is 4.39 Å². The topological polar surface area (TPSA) is 78.3 Å². The highest BCUT2D eigenvalue weighted by molar-refractivity contribution is 7.99. The molecule has 0 unspecified atom stereocenters. The number of aromatic nitrogens is 3. The van der Waals surface area contributed by atoms with Gasteiger partial charge in [0.05, 0.1) is 18.1 Å². The van der Waals surface area contributed by atoms with Crippen molar-refractivity contribution in [1.82, 2.24) is 14.8 Å². The molecule has 5 nitrogen and oxygen atoms in total. The SMILES string of the molecule is Cn1c(SC[C@H](C#N)CCC#N)nnc1-c1ccc(F)cc1. The van der Waals surface area contributed by atoms with Gasteiger partial charge in [0.2, 0.25) is 0 Å². The third-order valence-electron chi connectivity index (χ3n) is 3.14. The highest BCUT2D eigenvalue weighted by Crippen LogP contribution is 2.25. The molecule has 1 aromatic carbocycles. The summed E-state index contributed by atoms with van der Waals surface area (Å²) in [6.45, 7) is 0. The van der Waals surface area contributed by atoms with Crippen LogP contribution >= 0.6 is 11.8 Å². The van der Waals surface area contributed by atoms with Gasteiger partial charge in [0.1, 0.15) is 5.82 Å². The van der Waals surface area contributed by atoms with E-state index in [1.54, 1.807) is 12.1 Å². The molecule has 0 fully saturated rings. The number of benzene rings is 1. The van der Waals surface area contributed by atoms with Crippen molar-refractivity contribution in [1.29, 1.82) is 10.5 Å². The van der Waals surface area contributed by atoms with E-state index in [0.717, 1.165) is 5.56 Å². The maximum Gasteiger partial charge on any atom is 0.191 e. The van der Waals surface area contributed by atoms with Gasteiger partial charge in [-0.15, -0.1) is 10.2 Å². The van der Waals surface area contributed by atoms with Gasteiger partial charge >= 0.3 is 0 Å². The number of thioether (sulfide) groups is 1. The maximum absolute atomic E-state index is 13.0. The van der Waals surface area contributed by atoms with E-state index in [-0.39, 0.29) is 11.7 Å². The first-order chi connectivity index (χ1) is 10.7. The third-order valence-corrected chi connectivity index (χ3v) is 4.32. The van der Waals surface area contributed by atoms with Crippen molar-refractivity contribution in [3.63, 3.8) is 0 Å². The summed E-state index contributed by atoms with van der Waals surface area (Å²) in [5.41, 5.74) is 0.782. The smallest absolute Gasteiger partial charge is 0.191 e. The van der Waals surface area contributed by atoms with Crippen LogP contribution in [-0.4, -0.2) is 20.5 Å². The Morgan fingerprint density at radius 3 is 2.64 bits per heavy atom. The van der Waals surface area contributed by atoms with E-state index in [1.165, 1.54) is 23.9 Å². The van der Waals surface area contributed by atoms with Gasteiger partial charge in [0.15, 0.2) is 11.0 Å². The molecule has 2 aromatic rings. The Hall–Kier alpha value is -2.38. The Bertz CT molecular complexity index is 711. The summed E-state index contributed by atoms with van der Waals surface area (Å²) in [7, 11) is 1.83. The molecule has 22 heavy (non-hydrogen) atoms. The van der Waals surface area contributed by atoms with Crippen LogP contribution in [0.5, 0.6) is 0 Å². The Kier molecular flexibility index (Phi) is 5.51. The molecule has 1 heterocycles. The fourth-order valence-electron chi connectivity index (χ4n) is 1.89. The Morgan fingerprint density at radius 1 is 1.27 bits per heavy atom. The Balaban J connectivity index is 2.07. The summed E-state index contributed by atoms with van der Waals surface area (Å²) in [6.07, 6.45) is 0.932. The molecular weight excluding hydrogens is 301 g/mol. The molecule has 0 saturated heterocycles. The monoisotopic (exact) mass is 315 g/mol. The van der Waals surface area contributed by atoms with E-state index in [1.807, 2.05) is 17.7 Å². The summed E-state index contributed by atoms with van der Waals surface area (Å²) in [4.78, 5) is 0. The first kappa shape index (κ1) is 16.0. The number of hydrogen-bond donors (Lipinski definition) is 0. The molecule has 2 rings (SSSR count). The zero-order valence-electron chi connectivity index (χ0n) is 12.0. The largest absolute Gasteiger partial charge is 0.305 e. The van der Waals surface area contributed by atoms with Gasteiger partial charge in [-0.1, -0.05) is 11.8 Å². The lowest BCUT2D eigenvalue weighted by molar-refractivity contribution is 0.628. The fraction of sp³-hybridized carbons (Fsp3) is 0.333. The Morgan fingerprint density at radius 2 is 2.00 bits per heavy atom. The number of nitrogens with zero attached hydrogens (tertiary/aromatic N) is 5. The molecule has 0 amide bonds. The van der Waals surface area contributed by atoms with Crippen molar-refractivity contribution in [2.45, 2.75) is 18.0 Å². The average molecular weight is 315 g/mol. The predicted octanol–water partition coefficient (Wildman–Crippen LogP) is 3.16. The number of nitriles is 2. The number of hydrogen-bond acceptors (Lipinski definition) is 5. The molecule has 0 radical (unpaired) electrons. The van der Waals surface area contributed by atoms with E-state index < -0.39 is 0 Å². The molecule has 0 aliphatic heterocycles. The second-order valence-electron chi connectivity index (χ2n) is 4.71. The zero-order valence-corrected chi connectivity index (χ0v) is 12.8. The molecule has 0 aliphatic carbocycles. The molecule has 0 bridgehead atoms. The van der Waals surface area contributed by atoms with Crippen LogP contribution < -0.4 is 0 Å². The summed E-state index contributed by atoms with van der Waals surface area (Å²) >= 11 is 1.43. The lowest BCUT2D eigenvalue weighted by Crippen LogP contribution is -2.02. The third kappa shape index (κ3) is 3.84. The molecule has 112 valence electrons. The molecule has 1 aromatic heterocycles. The van der Waals surface area contributed by atoms with Gasteiger partial charge in [-0.25, -0.2) is 4.39 Å². The van der Waals surface area contributed by atoms with E-state index >= 15 is 0 Å². The van der Waals surface area contributed by atoms with Crippen molar-refractivity contribution in [3.8, 4) is 23.5 Å². The molecule has 0 spiro atoms. The van der Waals surface area contributed by atoms with Crippen molar-refractivity contribution in [3.05, 3.63) is 30.1 Å². The average Bonchev–Trinajstić information content (AvgIpc) is 2.89. The summed E-state index contributed by atoms with van der Waals surface area (Å²) < 4.78 is 14.8. The quantitative estimate of drug-likeness (QED) is 0.765. The lowest BCUT2D eigenvalue weighted by Gasteiger charge is -2.06. The standard InChI is InChI=1S/C15H14FN5S/c1-21-14(12-4-6-13(16)7-5-12)19-20-15(21)22-10-11(9-18)3-2-8-17/h4-7,11H,2-3,10H2,1H3/t11-/m0/s1. The highest BCUT2D eigenvalue weighted by atomic mass is 32.2. The molecule has 7 heteroatoms. The minimum atomic E-state index is -0.296. The summed E-state index contributed by atoms with van der Waals surface area (Å²) in [5, 5.41) is 26.5. The van der Waals surface area contributed by atoms with Gasteiger partial charge < -0.3 is 4.57 Å². The van der Waals surface area contributed by atoms with Gasteiger partial charge in [-0.3, -0.25) is 0 Å². The number of rotatable bonds is 6. The molecule has 0 N–H and O–H groups in total. The summed E-state index contributed by atoms with van der Waals surface area (Å²) in [6, 6.07) is 10.3. The molecule has 1 atom stereocenters. The van der Waals surface area contributed by atoms with Crippen LogP contribution in [0.1, 0.15) is 12.8 Å². The van der Waals surface area contributed by atoms with Gasteiger partial charge in [0, 0.05) is 24.8 Å². The lowest BCUT2D eigenvalue weighted by atomic mass is 10.1. The van der Waals surface area contributed by atoms with Crippen molar-refractivity contribution >= 4 is 11.8 Å². The fourth-order valence-corrected chi connectivity index (χ4v) is 2.86. The van der Waals surface area contributed by atoms with Crippen LogP contribution in [0, 0.1) is 34.4 Å². The van der Waals surface area contributed by atoms with Crippen LogP contribution in [0.25, 0.3) is 11.4 Å². The normalized spacial score (nSPS) is 11.6. The van der Waals surface area contributed by atoms with E-state index in [4.69, 9.17) is 10.5 Å². The first-order valence-electron chi connectivity index (χ1n) is 6.70. The maximum atomic E-state index is 13.0. The van der Waals surface area contributed by atoms with Crippen molar-refractivity contribution in [2.24, 2.45) is 13.0 Å². The number of halogens is 1. The molecular formula is C15H14FN5S. The van der Waals surface area contributed by atoms with E-state index in [9.17, 15) is 4.39 Å². The summed E-state index contributed by atoms with van der Waals surface area (Å²) in [5.74, 6) is 0.728. The van der Waals surface area contributed by atoms with E-state index in [0.29, 0.717) is 29.6 Å². The van der Waals surface area contributed by atoms with E-state index in [2.05, 4.69) is 16.3 Å². The Labute approximate surface area is 132 Å². The second kappa shape index (κ2) is 7.58. The van der Waals surface area contributed by atoms with Gasteiger partial charge in [0.25, 0.3) is 0 Å². The van der Waals surface area contributed by atoms with Crippen LogP contribution in [0.15, 0.2) is 29.4 Å².